The molecule has 1 aromatic carbocycles. The Kier molecular flexibility index (Phi) is 4.59. The quantitative estimate of drug-likeness (QED) is 0.837. The lowest BCUT2D eigenvalue weighted by molar-refractivity contribution is 0.815. The van der Waals surface area contributed by atoms with Crippen LogP contribution in [-0.4, -0.2) is 12.0 Å². The average molecular weight is 264 g/mol. The van der Waals surface area contributed by atoms with Crippen molar-refractivity contribution in [2.75, 3.05) is 7.05 Å². The third-order valence-corrected chi connectivity index (χ3v) is 4.47. The average Bonchev–Trinajstić information content (AvgIpc) is 2.74. The minimum atomic E-state index is 0.925. The van der Waals surface area contributed by atoms with Gasteiger partial charge in [-0.15, -0.1) is 23.1 Å². The largest absolute Gasteiger partial charge is 0.316 e. The van der Waals surface area contributed by atoms with E-state index >= 15 is 0 Å². The number of nitrogens with zero attached hydrogens (tertiary/aromatic N) is 1. The van der Waals surface area contributed by atoms with Crippen molar-refractivity contribution in [2.24, 2.45) is 0 Å². The summed E-state index contributed by atoms with van der Waals surface area (Å²) in [5, 5.41) is 4.31. The van der Waals surface area contributed by atoms with Crippen LogP contribution in [0.2, 0.25) is 0 Å². The first-order chi connectivity index (χ1) is 8.28. The summed E-state index contributed by atoms with van der Waals surface area (Å²) < 4.78 is 0. The maximum atomic E-state index is 4.27. The second-order valence-corrected chi connectivity index (χ2v) is 6.18. The van der Waals surface area contributed by atoms with Gasteiger partial charge in [-0.3, -0.25) is 0 Å². The second kappa shape index (κ2) is 6.19. The van der Waals surface area contributed by atoms with Crippen molar-refractivity contribution in [1.82, 2.24) is 10.3 Å². The Morgan fingerprint density at radius 3 is 3.00 bits per heavy atom. The van der Waals surface area contributed by atoms with Crippen LogP contribution >= 0.6 is 23.1 Å². The summed E-state index contributed by atoms with van der Waals surface area (Å²) >= 11 is 3.65. The second-order valence-electron chi connectivity index (χ2n) is 3.81. The standard InChI is InChI=1S/C13H16N2S2/c1-10-15-8-13(17-10)9-16-12-5-3-4-11(6-12)7-14-2/h3-6,8,14H,7,9H2,1-2H3. The number of nitrogens with one attached hydrogen (secondary N) is 1. The summed E-state index contributed by atoms with van der Waals surface area (Å²) in [5.41, 5.74) is 1.33. The predicted octanol–water partition coefficient (Wildman–Crippen LogP) is 3.46. The number of hydrogen-bond acceptors (Lipinski definition) is 4. The van der Waals surface area contributed by atoms with Gasteiger partial charge in [-0.2, -0.15) is 0 Å². The molecule has 90 valence electrons. The van der Waals surface area contributed by atoms with Crippen molar-refractivity contribution in [3.63, 3.8) is 0 Å². The van der Waals surface area contributed by atoms with E-state index in [9.17, 15) is 0 Å². The minimum Gasteiger partial charge on any atom is -0.316 e. The van der Waals surface area contributed by atoms with Crippen molar-refractivity contribution >= 4 is 23.1 Å². The van der Waals surface area contributed by atoms with Crippen molar-refractivity contribution in [3.8, 4) is 0 Å². The molecular weight excluding hydrogens is 248 g/mol. The monoisotopic (exact) mass is 264 g/mol. The molecule has 0 amide bonds. The normalized spacial score (nSPS) is 10.7. The lowest BCUT2D eigenvalue weighted by Gasteiger charge is -2.03. The molecule has 2 nitrogen and oxygen atoms in total. The molecule has 2 aromatic rings. The van der Waals surface area contributed by atoms with Crippen LogP contribution in [0.1, 0.15) is 15.4 Å². The molecule has 1 heterocycles. The number of rotatable bonds is 5. The van der Waals surface area contributed by atoms with E-state index in [1.807, 2.05) is 31.9 Å². The van der Waals surface area contributed by atoms with Crippen molar-refractivity contribution < 1.29 is 0 Å². The number of thioether (sulfide) groups is 1. The number of aryl methyl sites for hydroxylation is 1. The van der Waals surface area contributed by atoms with E-state index in [0.717, 1.165) is 17.3 Å². The highest BCUT2D eigenvalue weighted by Crippen LogP contribution is 2.26. The lowest BCUT2D eigenvalue weighted by atomic mass is 10.2. The first-order valence-corrected chi connectivity index (χ1v) is 7.36. The molecule has 0 saturated carbocycles. The summed E-state index contributed by atoms with van der Waals surface area (Å²) in [4.78, 5) is 6.93. The highest BCUT2D eigenvalue weighted by molar-refractivity contribution is 7.98. The van der Waals surface area contributed by atoms with Crippen LogP contribution < -0.4 is 5.32 Å². The van der Waals surface area contributed by atoms with Gasteiger partial charge in [-0.1, -0.05) is 12.1 Å². The molecule has 2 rings (SSSR count). The van der Waals surface area contributed by atoms with Gasteiger partial charge in [0.05, 0.1) is 5.01 Å². The number of benzene rings is 1. The fraction of sp³-hybridized carbons (Fsp3) is 0.308. The van der Waals surface area contributed by atoms with Crippen LogP contribution in [0.4, 0.5) is 0 Å². The third-order valence-electron chi connectivity index (χ3n) is 2.33. The first kappa shape index (κ1) is 12.6. The molecule has 0 unspecified atom stereocenters. The zero-order valence-corrected chi connectivity index (χ0v) is 11.7. The molecule has 0 aliphatic rings. The fourth-order valence-electron chi connectivity index (χ4n) is 1.58. The van der Waals surface area contributed by atoms with E-state index < -0.39 is 0 Å². The Balaban J connectivity index is 1.96. The van der Waals surface area contributed by atoms with E-state index in [-0.39, 0.29) is 0 Å². The van der Waals surface area contributed by atoms with E-state index in [0.29, 0.717) is 0 Å². The molecule has 0 fully saturated rings. The van der Waals surface area contributed by atoms with Crippen molar-refractivity contribution in [1.29, 1.82) is 0 Å². The molecule has 0 bridgehead atoms. The summed E-state index contributed by atoms with van der Waals surface area (Å²) in [6.07, 6.45) is 1.98. The highest BCUT2D eigenvalue weighted by atomic mass is 32.2. The molecule has 0 atom stereocenters. The summed E-state index contributed by atoms with van der Waals surface area (Å²) in [5.74, 6) is 1.01. The molecule has 0 saturated heterocycles. The smallest absolute Gasteiger partial charge is 0.0897 e. The summed E-state index contributed by atoms with van der Waals surface area (Å²) in [6, 6.07) is 8.68. The van der Waals surface area contributed by atoms with Gasteiger partial charge in [0, 0.05) is 28.3 Å². The van der Waals surface area contributed by atoms with E-state index in [4.69, 9.17) is 0 Å². The topological polar surface area (TPSA) is 24.9 Å². The molecular formula is C13H16N2S2. The zero-order valence-electron chi connectivity index (χ0n) is 10.1. The lowest BCUT2D eigenvalue weighted by Crippen LogP contribution is -2.04. The molecule has 0 aliphatic carbocycles. The van der Waals surface area contributed by atoms with Gasteiger partial charge in [-0.25, -0.2) is 4.98 Å². The van der Waals surface area contributed by atoms with Gasteiger partial charge in [-0.05, 0) is 31.7 Å². The van der Waals surface area contributed by atoms with Crippen LogP contribution in [0.15, 0.2) is 35.4 Å². The number of hydrogen-bond donors (Lipinski definition) is 1. The SMILES string of the molecule is CNCc1cccc(SCc2cnc(C)s2)c1. The van der Waals surface area contributed by atoms with Gasteiger partial charge < -0.3 is 5.32 Å². The molecule has 4 heteroatoms. The van der Waals surface area contributed by atoms with Crippen LogP contribution in [0, 0.1) is 6.92 Å². The molecule has 0 radical (unpaired) electrons. The molecule has 0 spiro atoms. The number of aromatic nitrogens is 1. The molecule has 1 aromatic heterocycles. The third kappa shape index (κ3) is 3.84. The molecule has 1 N–H and O–H groups in total. The maximum Gasteiger partial charge on any atom is 0.0897 e. The minimum absolute atomic E-state index is 0.925. The number of thiazole rings is 1. The Hall–Kier alpha value is -0.840. The van der Waals surface area contributed by atoms with Gasteiger partial charge in [0.1, 0.15) is 0 Å². The maximum absolute atomic E-state index is 4.27. The highest BCUT2D eigenvalue weighted by Gasteiger charge is 2.00. The molecule has 17 heavy (non-hydrogen) atoms. The van der Waals surface area contributed by atoms with Gasteiger partial charge in [0.25, 0.3) is 0 Å². The Morgan fingerprint density at radius 1 is 1.41 bits per heavy atom. The summed E-state index contributed by atoms with van der Waals surface area (Å²) in [7, 11) is 1.97. The molecule has 0 aliphatic heterocycles. The van der Waals surface area contributed by atoms with Crippen molar-refractivity contribution in [2.45, 2.75) is 24.1 Å². The summed E-state index contributed by atoms with van der Waals surface area (Å²) in [6.45, 7) is 2.97. The predicted molar refractivity (Wildman–Crippen MR) is 75.6 cm³/mol. The Morgan fingerprint density at radius 2 is 2.29 bits per heavy atom. The van der Waals surface area contributed by atoms with Gasteiger partial charge in [0.15, 0.2) is 0 Å². The Bertz CT molecular complexity index is 480. The zero-order chi connectivity index (χ0) is 12.1. The van der Waals surface area contributed by atoms with Crippen LogP contribution in [0.3, 0.4) is 0 Å². The van der Waals surface area contributed by atoms with Gasteiger partial charge in [0.2, 0.25) is 0 Å². The van der Waals surface area contributed by atoms with Gasteiger partial charge >= 0.3 is 0 Å². The van der Waals surface area contributed by atoms with E-state index in [1.54, 1.807) is 11.3 Å². The van der Waals surface area contributed by atoms with Crippen LogP contribution in [-0.2, 0) is 12.3 Å². The fourth-order valence-corrected chi connectivity index (χ4v) is 3.37. The first-order valence-electron chi connectivity index (χ1n) is 5.55. The van der Waals surface area contributed by atoms with E-state index in [1.165, 1.54) is 15.3 Å². The van der Waals surface area contributed by atoms with Crippen LogP contribution in [0.25, 0.3) is 0 Å². The van der Waals surface area contributed by atoms with E-state index in [2.05, 4.69) is 34.6 Å². The Labute approximate surface area is 110 Å². The van der Waals surface area contributed by atoms with Crippen molar-refractivity contribution in [3.05, 3.63) is 45.9 Å². The van der Waals surface area contributed by atoms with Crippen LogP contribution in [0.5, 0.6) is 0 Å².